The Labute approximate surface area is 130 Å². The van der Waals surface area contributed by atoms with Gasteiger partial charge in [0.05, 0.1) is 16.5 Å². The molecule has 0 aliphatic rings. The maximum atomic E-state index is 14.1. The molecule has 3 rings (SSSR count). The van der Waals surface area contributed by atoms with Crippen LogP contribution in [0.2, 0.25) is 0 Å². The number of hydrogen-bond acceptors (Lipinski definition) is 3. The van der Waals surface area contributed by atoms with Crippen LogP contribution in [0.5, 0.6) is 5.75 Å². The summed E-state index contributed by atoms with van der Waals surface area (Å²) in [5.41, 5.74) is -1.52. The molecule has 0 radical (unpaired) electrons. The first-order valence-corrected chi connectivity index (χ1v) is 6.49. The normalized spacial score (nSPS) is 11.7. The molecule has 0 saturated carbocycles. The summed E-state index contributed by atoms with van der Waals surface area (Å²) in [6.07, 6.45) is -5.13. The molecule has 0 aliphatic carbocycles. The molecule has 3 aromatic rings. The zero-order valence-electron chi connectivity index (χ0n) is 11.6. The van der Waals surface area contributed by atoms with Gasteiger partial charge in [0.15, 0.2) is 11.6 Å². The number of nitrogens with one attached hydrogen (secondary N) is 1. The van der Waals surface area contributed by atoms with Gasteiger partial charge in [0.25, 0.3) is 5.56 Å². The highest BCUT2D eigenvalue weighted by molar-refractivity contribution is 5.80. The summed E-state index contributed by atoms with van der Waals surface area (Å²) in [7, 11) is 0. The zero-order valence-corrected chi connectivity index (χ0v) is 11.6. The van der Waals surface area contributed by atoms with Crippen molar-refractivity contribution >= 4 is 10.9 Å². The molecule has 0 fully saturated rings. The number of para-hydroxylation sites is 1. The smallest absolute Gasteiger partial charge is 0.405 e. The van der Waals surface area contributed by atoms with Gasteiger partial charge in [-0.05, 0) is 24.3 Å². The van der Waals surface area contributed by atoms with Crippen LogP contribution in [-0.4, -0.2) is 16.3 Å². The number of aromatic amines is 1. The van der Waals surface area contributed by atoms with Crippen LogP contribution in [0.4, 0.5) is 22.0 Å². The largest absolute Gasteiger partial charge is 0.573 e. The van der Waals surface area contributed by atoms with Gasteiger partial charge >= 0.3 is 6.36 Å². The number of benzene rings is 2. The SMILES string of the molecule is O=c1[nH]c(-c2c(OC(F)(F)F)ccc(F)c2F)nc2ccccc12. The summed E-state index contributed by atoms with van der Waals surface area (Å²) in [6, 6.07) is 7.03. The van der Waals surface area contributed by atoms with Crippen molar-refractivity contribution in [1.82, 2.24) is 9.97 Å². The Hall–Kier alpha value is -2.97. The van der Waals surface area contributed by atoms with Crippen LogP contribution in [0.15, 0.2) is 41.2 Å². The van der Waals surface area contributed by atoms with E-state index in [4.69, 9.17) is 0 Å². The minimum Gasteiger partial charge on any atom is -0.405 e. The molecule has 0 amide bonds. The quantitative estimate of drug-likeness (QED) is 0.722. The molecule has 9 heteroatoms. The average Bonchev–Trinajstić information content (AvgIpc) is 2.50. The highest BCUT2D eigenvalue weighted by atomic mass is 19.4. The second kappa shape index (κ2) is 5.59. The van der Waals surface area contributed by atoms with E-state index in [0.717, 1.165) is 0 Å². The fraction of sp³-hybridized carbons (Fsp3) is 0.0667. The first kappa shape index (κ1) is 15.9. The highest BCUT2D eigenvalue weighted by Crippen LogP contribution is 2.35. The van der Waals surface area contributed by atoms with Gasteiger partial charge in [-0.15, -0.1) is 13.2 Å². The number of H-pyrrole nitrogens is 1. The molecule has 1 N–H and O–H groups in total. The van der Waals surface area contributed by atoms with E-state index in [9.17, 15) is 26.7 Å². The predicted octanol–water partition coefficient (Wildman–Crippen LogP) is 3.77. The van der Waals surface area contributed by atoms with Gasteiger partial charge in [0.1, 0.15) is 11.6 Å². The lowest BCUT2D eigenvalue weighted by molar-refractivity contribution is -0.274. The molecule has 24 heavy (non-hydrogen) atoms. The molecule has 0 bridgehead atoms. The van der Waals surface area contributed by atoms with Crippen LogP contribution in [0, 0.1) is 11.6 Å². The molecule has 0 spiro atoms. The van der Waals surface area contributed by atoms with Crippen LogP contribution >= 0.6 is 0 Å². The van der Waals surface area contributed by atoms with E-state index in [1.165, 1.54) is 18.2 Å². The lowest BCUT2D eigenvalue weighted by Gasteiger charge is -2.14. The summed E-state index contributed by atoms with van der Waals surface area (Å²) < 4.78 is 68.6. The molecule has 1 heterocycles. The number of hydrogen-bond donors (Lipinski definition) is 1. The Morgan fingerprint density at radius 2 is 1.75 bits per heavy atom. The van der Waals surface area contributed by atoms with Gasteiger partial charge in [-0.2, -0.15) is 0 Å². The number of fused-ring (bicyclic) bond motifs is 1. The van der Waals surface area contributed by atoms with Crippen molar-refractivity contribution in [1.29, 1.82) is 0 Å². The van der Waals surface area contributed by atoms with Crippen molar-refractivity contribution in [2.24, 2.45) is 0 Å². The van der Waals surface area contributed by atoms with Crippen LogP contribution in [0.3, 0.4) is 0 Å². The second-order valence-corrected chi connectivity index (χ2v) is 4.71. The van der Waals surface area contributed by atoms with Crippen molar-refractivity contribution in [3.05, 3.63) is 58.4 Å². The van der Waals surface area contributed by atoms with E-state index in [-0.39, 0.29) is 10.9 Å². The van der Waals surface area contributed by atoms with E-state index in [1.807, 2.05) is 0 Å². The van der Waals surface area contributed by atoms with Crippen LogP contribution in [0.1, 0.15) is 0 Å². The molecule has 0 atom stereocenters. The van der Waals surface area contributed by atoms with Gasteiger partial charge < -0.3 is 9.72 Å². The van der Waals surface area contributed by atoms with E-state index in [0.29, 0.717) is 12.1 Å². The van der Waals surface area contributed by atoms with Gasteiger partial charge in [-0.1, -0.05) is 12.1 Å². The first-order chi connectivity index (χ1) is 11.3. The Kier molecular flexibility index (Phi) is 3.70. The third-order valence-corrected chi connectivity index (χ3v) is 3.13. The summed E-state index contributed by atoms with van der Waals surface area (Å²) in [6.45, 7) is 0. The van der Waals surface area contributed by atoms with Crippen molar-refractivity contribution in [3.63, 3.8) is 0 Å². The Balaban J connectivity index is 2.29. The lowest BCUT2D eigenvalue weighted by atomic mass is 10.1. The molecular formula is C15H7F5N2O2. The number of aromatic nitrogens is 2. The number of ether oxygens (including phenoxy) is 1. The number of alkyl halides is 3. The fourth-order valence-electron chi connectivity index (χ4n) is 2.17. The second-order valence-electron chi connectivity index (χ2n) is 4.71. The maximum absolute atomic E-state index is 14.1. The topological polar surface area (TPSA) is 55.0 Å². The van der Waals surface area contributed by atoms with Gasteiger partial charge in [-0.3, -0.25) is 4.79 Å². The summed E-state index contributed by atoms with van der Waals surface area (Å²) >= 11 is 0. The zero-order chi connectivity index (χ0) is 17.5. The van der Waals surface area contributed by atoms with E-state index in [2.05, 4.69) is 14.7 Å². The van der Waals surface area contributed by atoms with Crippen molar-refractivity contribution in [2.75, 3.05) is 0 Å². The minimum absolute atomic E-state index is 0.109. The fourth-order valence-corrected chi connectivity index (χ4v) is 2.17. The first-order valence-electron chi connectivity index (χ1n) is 6.49. The van der Waals surface area contributed by atoms with Crippen molar-refractivity contribution in [3.8, 4) is 17.1 Å². The Bertz CT molecular complexity index is 982. The van der Waals surface area contributed by atoms with E-state index >= 15 is 0 Å². The summed E-state index contributed by atoms with van der Waals surface area (Å²) in [5.74, 6) is -4.61. The molecule has 4 nitrogen and oxygen atoms in total. The minimum atomic E-state index is -5.13. The lowest BCUT2D eigenvalue weighted by Crippen LogP contribution is -2.19. The van der Waals surface area contributed by atoms with Crippen LogP contribution in [0.25, 0.3) is 22.3 Å². The standard InChI is InChI=1S/C15H7F5N2O2/c16-8-5-6-10(24-15(18,19)20)11(12(8)17)13-21-9-4-2-1-3-7(9)14(23)22-13/h1-6H,(H,21,22,23). The van der Waals surface area contributed by atoms with E-state index < -0.39 is 40.7 Å². The van der Waals surface area contributed by atoms with Crippen LogP contribution < -0.4 is 10.3 Å². The third-order valence-electron chi connectivity index (χ3n) is 3.13. The van der Waals surface area contributed by atoms with Crippen molar-refractivity contribution in [2.45, 2.75) is 6.36 Å². The molecule has 0 saturated heterocycles. The Morgan fingerprint density at radius 1 is 1.04 bits per heavy atom. The summed E-state index contributed by atoms with van der Waals surface area (Å²) in [5, 5.41) is 0.149. The van der Waals surface area contributed by atoms with Gasteiger partial charge in [-0.25, -0.2) is 13.8 Å². The molecule has 1 aromatic heterocycles. The monoisotopic (exact) mass is 342 g/mol. The Morgan fingerprint density at radius 3 is 2.46 bits per heavy atom. The number of halogens is 5. The average molecular weight is 342 g/mol. The van der Waals surface area contributed by atoms with Crippen molar-refractivity contribution < 1.29 is 26.7 Å². The molecule has 2 aromatic carbocycles. The maximum Gasteiger partial charge on any atom is 0.573 e. The molecule has 124 valence electrons. The molecule has 0 unspecified atom stereocenters. The van der Waals surface area contributed by atoms with Gasteiger partial charge in [0.2, 0.25) is 0 Å². The summed E-state index contributed by atoms with van der Waals surface area (Å²) in [4.78, 5) is 18.0. The number of rotatable bonds is 2. The third kappa shape index (κ3) is 2.92. The molecule has 0 aliphatic heterocycles. The van der Waals surface area contributed by atoms with Gasteiger partial charge in [0, 0.05) is 0 Å². The predicted molar refractivity (Wildman–Crippen MR) is 74.4 cm³/mol. The van der Waals surface area contributed by atoms with Crippen LogP contribution in [-0.2, 0) is 0 Å². The highest BCUT2D eigenvalue weighted by Gasteiger charge is 2.34. The number of nitrogens with zero attached hydrogens (tertiary/aromatic N) is 1. The molecular weight excluding hydrogens is 335 g/mol. The van der Waals surface area contributed by atoms with E-state index in [1.54, 1.807) is 6.07 Å².